The summed E-state index contributed by atoms with van der Waals surface area (Å²) in [5.74, 6) is -0.246. The van der Waals surface area contributed by atoms with Crippen LogP contribution in [-0.4, -0.2) is 16.7 Å². The van der Waals surface area contributed by atoms with E-state index in [1.807, 2.05) is 37.4 Å². The summed E-state index contributed by atoms with van der Waals surface area (Å²) in [4.78, 5) is 30.6. The lowest BCUT2D eigenvalue weighted by Crippen LogP contribution is -2.22. The molecule has 0 radical (unpaired) electrons. The van der Waals surface area contributed by atoms with Crippen molar-refractivity contribution >= 4 is 51.5 Å². The Kier molecular flexibility index (Phi) is 6.07. The summed E-state index contributed by atoms with van der Waals surface area (Å²) in [7, 11) is 0. The van der Waals surface area contributed by atoms with Gasteiger partial charge in [-0.15, -0.1) is 11.3 Å². The van der Waals surface area contributed by atoms with Crippen molar-refractivity contribution in [3.8, 4) is 0 Å². The number of hydrogen-bond donors (Lipinski definition) is 0. The molecule has 4 nitrogen and oxygen atoms in total. The van der Waals surface area contributed by atoms with Crippen molar-refractivity contribution in [3.05, 3.63) is 81.3 Å². The zero-order chi connectivity index (χ0) is 20.3. The Bertz CT molecular complexity index is 1070. The number of aryl methyl sites for hydroxylation is 2. The number of nitrogens with zero attached hydrogens (tertiary/aromatic N) is 2. The minimum atomic E-state index is -0.168. The van der Waals surface area contributed by atoms with E-state index in [0.29, 0.717) is 27.1 Å². The van der Waals surface area contributed by atoms with Crippen LogP contribution in [0.5, 0.6) is 0 Å². The third-order valence-electron chi connectivity index (χ3n) is 4.14. The van der Waals surface area contributed by atoms with Gasteiger partial charge in [0.15, 0.2) is 10.9 Å². The number of thiazole rings is 1. The van der Waals surface area contributed by atoms with Crippen LogP contribution in [0.25, 0.3) is 6.08 Å². The van der Waals surface area contributed by atoms with Gasteiger partial charge in [0, 0.05) is 22.9 Å². The first kappa shape index (κ1) is 20.0. The number of anilines is 2. The number of benzene rings is 2. The van der Waals surface area contributed by atoms with E-state index in [0.717, 1.165) is 11.1 Å². The van der Waals surface area contributed by atoms with Gasteiger partial charge in [0.25, 0.3) is 0 Å². The van der Waals surface area contributed by atoms with Crippen LogP contribution < -0.4 is 4.90 Å². The highest BCUT2D eigenvalue weighted by Gasteiger charge is 2.18. The predicted octanol–water partition coefficient (Wildman–Crippen LogP) is 5.99. The van der Waals surface area contributed by atoms with Crippen molar-refractivity contribution in [2.75, 3.05) is 4.90 Å². The summed E-state index contributed by atoms with van der Waals surface area (Å²) in [6.07, 6.45) is 3.17. The highest BCUT2D eigenvalue weighted by molar-refractivity contribution is 7.14. The Hall–Kier alpha value is -2.76. The van der Waals surface area contributed by atoms with Crippen molar-refractivity contribution in [1.29, 1.82) is 0 Å². The fourth-order valence-corrected chi connectivity index (χ4v) is 3.88. The maximum Gasteiger partial charge on any atom is 0.230 e. The molecule has 0 N–H and O–H groups in total. The molecule has 0 unspecified atom stereocenters. The molecule has 0 aliphatic carbocycles. The van der Waals surface area contributed by atoms with Crippen molar-refractivity contribution in [1.82, 2.24) is 4.98 Å². The molecule has 0 bridgehead atoms. The normalized spacial score (nSPS) is 11.0. The lowest BCUT2D eigenvalue weighted by molar-refractivity contribution is -0.115. The van der Waals surface area contributed by atoms with Crippen LogP contribution in [0.15, 0.2) is 53.9 Å². The van der Waals surface area contributed by atoms with Crippen LogP contribution in [0.4, 0.5) is 10.8 Å². The molecular formula is C22H19ClN2O2S. The van der Waals surface area contributed by atoms with Crippen LogP contribution in [-0.2, 0) is 4.79 Å². The van der Waals surface area contributed by atoms with Gasteiger partial charge >= 0.3 is 0 Å². The van der Waals surface area contributed by atoms with E-state index in [1.165, 1.54) is 29.2 Å². The maximum absolute atomic E-state index is 12.5. The fraction of sp³-hybridized carbons (Fsp3) is 0.136. The summed E-state index contributed by atoms with van der Waals surface area (Å²) < 4.78 is 0. The molecule has 3 rings (SSSR count). The van der Waals surface area contributed by atoms with E-state index in [2.05, 4.69) is 4.98 Å². The smallest absolute Gasteiger partial charge is 0.230 e. The maximum atomic E-state index is 12.5. The Morgan fingerprint density at radius 3 is 2.61 bits per heavy atom. The van der Waals surface area contributed by atoms with E-state index in [4.69, 9.17) is 11.6 Å². The first-order valence-electron chi connectivity index (χ1n) is 8.66. The monoisotopic (exact) mass is 410 g/mol. The standard InChI is InChI=1S/C22H19ClN2O2S/c1-14-7-9-20(15(2)11-14)21(27)10-8-18-13-28-22(24-18)25(16(3)26)19-6-4-5-17(23)12-19/h4-13H,1-3H3/b10-8+. The first-order chi connectivity index (χ1) is 13.3. The summed E-state index contributed by atoms with van der Waals surface area (Å²) in [6.45, 7) is 5.39. The molecule has 142 valence electrons. The molecule has 3 aromatic rings. The van der Waals surface area contributed by atoms with Crippen LogP contribution in [0, 0.1) is 13.8 Å². The van der Waals surface area contributed by atoms with Gasteiger partial charge in [-0.3, -0.25) is 14.5 Å². The largest absolute Gasteiger partial charge is 0.289 e. The third kappa shape index (κ3) is 4.55. The van der Waals surface area contributed by atoms with Crippen molar-refractivity contribution < 1.29 is 9.59 Å². The molecule has 6 heteroatoms. The number of carbonyl (C=O) groups is 2. The number of halogens is 1. The Morgan fingerprint density at radius 1 is 1.14 bits per heavy atom. The van der Waals surface area contributed by atoms with Gasteiger partial charge in [-0.2, -0.15) is 0 Å². The molecule has 1 aromatic heterocycles. The van der Waals surface area contributed by atoms with Crippen molar-refractivity contribution in [3.63, 3.8) is 0 Å². The van der Waals surface area contributed by atoms with E-state index < -0.39 is 0 Å². The molecule has 28 heavy (non-hydrogen) atoms. The summed E-state index contributed by atoms with van der Waals surface area (Å²) in [6, 6.07) is 12.8. The molecule has 0 fully saturated rings. The minimum absolute atomic E-state index is 0.0784. The van der Waals surface area contributed by atoms with E-state index in [1.54, 1.807) is 30.3 Å². The Balaban J connectivity index is 1.83. The van der Waals surface area contributed by atoms with Gasteiger partial charge in [-0.25, -0.2) is 4.98 Å². The highest BCUT2D eigenvalue weighted by Crippen LogP contribution is 2.30. The highest BCUT2D eigenvalue weighted by atomic mass is 35.5. The van der Waals surface area contributed by atoms with Gasteiger partial charge in [-0.05, 0) is 49.8 Å². The second kappa shape index (κ2) is 8.50. The number of amides is 1. The van der Waals surface area contributed by atoms with Gasteiger partial charge in [0.1, 0.15) is 0 Å². The minimum Gasteiger partial charge on any atom is -0.289 e. The molecule has 2 aromatic carbocycles. The van der Waals surface area contributed by atoms with E-state index in [9.17, 15) is 9.59 Å². The van der Waals surface area contributed by atoms with E-state index in [-0.39, 0.29) is 11.7 Å². The quantitative estimate of drug-likeness (QED) is 0.383. The number of hydrogen-bond acceptors (Lipinski definition) is 4. The summed E-state index contributed by atoms with van der Waals surface area (Å²) in [5, 5.41) is 2.87. The SMILES string of the molecule is CC(=O)N(c1cccc(Cl)c1)c1nc(/C=C/C(=O)c2ccc(C)cc2C)cs1. The number of aromatic nitrogens is 1. The third-order valence-corrected chi connectivity index (χ3v) is 5.21. The lowest BCUT2D eigenvalue weighted by Gasteiger charge is -2.18. The van der Waals surface area contributed by atoms with Crippen molar-refractivity contribution in [2.24, 2.45) is 0 Å². The number of ketones is 1. The van der Waals surface area contributed by atoms with Crippen LogP contribution in [0.1, 0.15) is 34.1 Å². The number of allylic oxidation sites excluding steroid dienone is 1. The molecule has 0 saturated carbocycles. The van der Waals surface area contributed by atoms with Crippen molar-refractivity contribution in [2.45, 2.75) is 20.8 Å². The summed E-state index contributed by atoms with van der Waals surface area (Å²) >= 11 is 7.38. The predicted molar refractivity (Wildman–Crippen MR) is 116 cm³/mol. The topological polar surface area (TPSA) is 50.3 Å². The van der Waals surface area contributed by atoms with Crippen LogP contribution >= 0.6 is 22.9 Å². The number of rotatable bonds is 5. The number of carbonyl (C=O) groups excluding carboxylic acids is 2. The van der Waals surface area contributed by atoms with Crippen LogP contribution in [0.2, 0.25) is 5.02 Å². The Labute approximate surface area is 173 Å². The molecule has 1 amide bonds. The van der Waals surface area contributed by atoms with Crippen LogP contribution in [0.3, 0.4) is 0 Å². The van der Waals surface area contributed by atoms with Gasteiger partial charge < -0.3 is 0 Å². The lowest BCUT2D eigenvalue weighted by atomic mass is 10.0. The van der Waals surface area contributed by atoms with Gasteiger partial charge in [0.05, 0.1) is 11.4 Å². The molecule has 0 saturated heterocycles. The Morgan fingerprint density at radius 2 is 1.93 bits per heavy atom. The summed E-state index contributed by atoms with van der Waals surface area (Å²) in [5.41, 5.74) is 3.99. The van der Waals surface area contributed by atoms with E-state index >= 15 is 0 Å². The zero-order valence-corrected chi connectivity index (χ0v) is 17.3. The van der Waals surface area contributed by atoms with Gasteiger partial charge in [0.2, 0.25) is 5.91 Å². The molecule has 0 atom stereocenters. The fourth-order valence-electron chi connectivity index (χ4n) is 2.84. The molecule has 0 aliphatic heterocycles. The molecule has 0 aliphatic rings. The molecule has 0 spiro atoms. The average molecular weight is 411 g/mol. The molecular weight excluding hydrogens is 392 g/mol. The molecule has 1 heterocycles. The second-order valence-electron chi connectivity index (χ2n) is 6.41. The average Bonchev–Trinajstić information content (AvgIpc) is 3.08. The zero-order valence-electron chi connectivity index (χ0n) is 15.8. The van der Waals surface area contributed by atoms with Gasteiger partial charge in [-0.1, -0.05) is 41.4 Å². The first-order valence-corrected chi connectivity index (χ1v) is 9.92. The second-order valence-corrected chi connectivity index (χ2v) is 7.68.